The summed E-state index contributed by atoms with van der Waals surface area (Å²) in [7, 11) is 0. The van der Waals surface area contributed by atoms with Crippen LogP contribution in [-0.2, 0) is 25.3 Å². The van der Waals surface area contributed by atoms with Gasteiger partial charge in [0.15, 0.2) is 11.9 Å². The number of aromatic nitrogens is 1. The van der Waals surface area contributed by atoms with Crippen LogP contribution < -0.4 is 4.90 Å². The van der Waals surface area contributed by atoms with E-state index in [0.717, 1.165) is 6.20 Å². The molecule has 0 radical (unpaired) electrons. The van der Waals surface area contributed by atoms with Crippen molar-refractivity contribution in [2.75, 3.05) is 4.90 Å². The molecule has 0 saturated carbocycles. The lowest BCUT2D eigenvalue weighted by atomic mass is 9.67. The third kappa shape index (κ3) is 1.95. The maximum atomic E-state index is 14.5. The van der Waals surface area contributed by atoms with Crippen LogP contribution in [0.3, 0.4) is 0 Å². The van der Waals surface area contributed by atoms with Crippen molar-refractivity contribution in [1.29, 1.82) is 5.26 Å². The number of fused-ring (bicyclic) bond motifs is 5. The Labute approximate surface area is 154 Å². The van der Waals surface area contributed by atoms with Crippen LogP contribution in [0.2, 0.25) is 0 Å². The van der Waals surface area contributed by atoms with Crippen molar-refractivity contribution >= 4 is 23.3 Å². The van der Waals surface area contributed by atoms with Gasteiger partial charge in [0.1, 0.15) is 17.3 Å². The number of pyridine rings is 1. The van der Waals surface area contributed by atoms with Crippen LogP contribution in [0.5, 0.6) is 0 Å². The first-order valence-corrected chi connectivity index (χ1v) is 8.11. The molecule has 3 aliphatic rings. The van der Waals surface area contributed by atoms with Crippen molar-refractivity contribution in [3.8, 4) is 6.07 Å². The summed E-state index contributed by atoms with van der Waals surface area (Å²) in [6, 6.07) is 1.76. The van der Waals surface area contributed by atoms with E-state index in [9.17, 15) is 31.9 Å². The van der Waals surface area contributed by atoms with Crippen molar-refractivity contribution in [3.63, 3.8) is 0 Å². The number of carbonyl (C=O) groups is 3. The molecule has 0 spiro atoms. The number of halogens is 4. The van der Waals surface area contributed by atoms with E-state index in [1.54, 1.807) is 0 Å². The molecule has 2 amide bonds. The third-order valence-electron chi connectivity index (χ3n) is 5.71. The Morgan fingerprint density at radius 3 is 2.39 bits per heavy atom. The van der Waals surface area contributed by atoms with E-state index in [-0.39, 0.29) is 0 Å². The number of carbonyl (C=O) groups excluding carboxylic acids is 3. The summed E-state index contributed by atoms with van der Waals surface area (Å²) in [6.07, 6.45) is -6.30. The predicted octanol–water partition coefficient (Wildman–Crippen LogP) is 1.55. The highest BCUT2D eigenvalue weighted by molar-refractivity contribution is 6.25. The maximum absolute atomic E-state index is 14.5. The molecule has 0 N–H and O–H groups in total. The van der Waals surface area contributed by atoms with Gasteiger partial charge < -0.3 is 4.74 Å². The molecule has 2 bridgehead atoms. The number of anilines is 1. The van der Waals surface area contributed by atoms with Gasteiger partial charge in [0.25, 0.3) is 0 Å². The van der Waals surface area contributed by atoms with Crippen molar-refractivity contribution < 1.29 is 36.7 Å². The lowest BCUT2D eigenvalue weighted by molar-refractivity contribution is -0.140. The molecule has 4 rings (SSSR count). The molecule has 146 valence electrons. The van der Waals surface area contributed by atoms with Gasteiger partial charge in [-0.1, -0.05) is 0 Å². The Bertz CT molecular complexity index is 1000. The Balaban J connectivity index is 1.83. The summed E-state index contributed by atoms with van der Waals surface area (Å²) in [5.74, 6) is -5.64. The Kier molecular flexibility index (Phi) is 3.39. The Hall–Kier alpha value is -2.87. The highest BCUT2D eigenvalue weighted by atomic mass is 19.4. The van der Waals surface area contributed by atoms with E-state index in [2.05, 4.69) is 4.98 Å². The first-order chi connectivity index (χ1) is 12.9. The number of nitrogens with zero attached hydrogens (tertiary/aromatic N) is 3. The minimum atomic E-state index is -4.95. The van der Waals surface area contributed by atoms with Gasteiger partial charge in [0.05, 0.1) is 29.3 Å². The Morgan fingerprint density at radius 2 is 1.82 bits per heavy atom. The number of nitriles is 1. The van der Waals surface area contributed by atoms with E-state index in [0.29, 0.717) is 11.0 Å². The fraction of sp³-hybridized carbons (Fsp3) is 0.471. The van der Waals surface area contributed by atoms with Crippen molar-refractivity contribution in [1.82, 2.24) is 4.98 Å². The number of ether oxygens (including phenoxy) is 1. The summed E-state index contributed by atoms with van der Waals surface area (Å²) >= 11 is 0. The molecule has 4 heterocycles. The van der Waals surface area contributed by atoms with Gasteiger partial charge in [0.2, 0.25) is 17.6 Å². The zero-order chi connectivity index (χ0) is 20.8. The van der Waals surface area contributed by atoms with Gasteiger partial charge in [-0.25, -0.2) is 14.3 Å². The normalized spacial score (nSPS) is 36.8. The largest absolute Gasteiger partial charge is 0.419 e. The van der Waals surface area contributed by atoms with Crippen molar-refractivity contribution in [2.45, 2.75) is 37.4 Å². The molecule has 0 aromatic carbocycles. The molecule has 2 unspecified atom stereocenters. The lowest BCUT2D eigenvalue weighted by Gasteiger charge is -2.29. The highest BCUT2D eigenvalue weighted by Crippen LogP contribution is 2.60. The lowest BCUT2D eigenvalue weighted by Crippen LogP contribution is -2.53. The second-order valence-electron chi connectivity index (χ2n) is 7.29. The molecular weight excluding hydrogens is 386 g/mol. The quantitative estimate of drug-likeness (QED) is 0.527. The topological polar surface area (TPSA) is 100 Å². The molecule has 7 nitrogen and oxygen atoms in total. The first-order valence-electron chi connectivity index (χ1n) is 8.11. The van der Waals surface area contributed by atoms with Gasteiger partial charge >= 0.3 is 6.18 Å². The van der Waals surface area contributed by atoms with E-state index >= 15 is 0 Å². The van der Waals surface area contributed by atoms with Crippen LogP contribution in [0.4, 0.5) is 23.2 Å². The monoisotopic (exact) mass is 397 g/mol. The predicted molar refractivity (Wildman–Crippen MR) is 81.2 cm³/mol. The summed E-state index contributed by atoms with van der Waals surface area (Å²) in [6.45, 7) is 2.39. The van der Waals surface area contributed by atoms with Gasteiger partial charge in [0, 0.05) is 0 Å². The molecule has 28 heavy (non-hydrogen) atoms. The number of rotatable bonds is 1. The van der Waals surface area contributed by atoms with E-state index < -0.39 is 69.9 Å². The first kappa shape index (κ1) is 18.5. The van der Waals surface area contributed by atoms with Crippen LogP contribution in [0.15, 0.2) is 12.3 Å². The number of imide groups is 1. The fourth-order valence-corrected chi connectivity index (χ4v) is 4.45. The average molecular weight is 397 g/mol. The zero-order valence-electron chi connectivity index (χ0n) is 14.4. The van der Waals surface area contributed by atoms with Crippen molar-refractivity contribution in [2.24, 2.45) is 11.8 Å². The number of hydrogen-bond donors (Lipinski definition) is 0. The van der Waals surface area contributed by atoms with E-state index in [1.807, 2.05) is 0 Å². The number of hydrogen-bond acceptors (Lipinski definition) is 6. The average Bonchev–Trinajstić information content (AvgIpc) is 3.10. The van der Waals surface area contributed by atoms with Gasteiger partial charge in [-0.2, -0.15) is 18.4 Å². The minimum Gasteiger partial charge on any atom is -0.356 e. The van der Waals surface area contributed by atoms with Crippen LogP contribution in [0.1, 0.15) is 25.1 Å². The fourth-order valence-electron chi connectivity index (χ4n) is 4.45. The van der Waals surface area contributed by atoms with Gasteiger partial charge in [-0.3, -0.25) is 14.4 Å². The second-order valence-corrected chi connectivity index (χ2v) is 7.29. The maximum Gasteiger partial charge on any atom is 0.419 e. The van der Waals surface area contributed by atoms with Gasteiger partial charge in [-0.05, 0) is 19.9 Å². The standard InChI is InChI=1S/C17H11F4N3O4/c1-15-9-10(16(2,28-15)12(25)11(15)18)14(27)24(13(9)26)6-3-7(17(19,20)21)8(4-22)23-5-6/h3,5,9-11H,1-2H3/t9-,10+,11-,15?,16?/m1/s1. The molecule has 0 aliphatic carbocycles. The molecule has 1 aromatic heterocycles. The van der Waals surface area contributed by atoms with Gasteiger partial charge in [-0.15, -0.1) is 0 Å². The third-order valence-corrected chi connectivity index (χ3v) is 5.71. The summed E-state index contributed by atoms with van der Waals surface area (Å²) in [5, 5.41) is 8.82. The van der Waals surface area contributed by atoms with Crippen LogP contribution in [-0.4, -0.2) is 40.0 Å². The molecule has 11 heteroatoms. The molecular formula is C17H11F4N3O4. The number of alkyl halides is 4. The van der Waals surface area contributed by atoms with E-state index in [4.69, 9.17) is 10.00 Å². The SMILES string of the molecule is CC12OC(C)([C@H](F)C1=O)[C@H]1C(=O)N(c3cnc(C#N)c(C(F)(F)F)c3)C(=O)[C@H]12. The van der Waals surface area contributed by atoms with Crippen LogP contribution >= 0.6 is 0 Å². The number of amides is 2. The zero-order valence-corrected chi connectivity index (χ0v) is 14.4. The highest BCUT2D eigenvalue weighted by Gasteiger charge is 2.80. The number of Topliss-reactive ketones (excluding diaryl/α,β-unsaturated/α-hetero) is 1. The van der Waals surface area contributed by atoms with E-state index in [1.165, 1.54) is 19.9 Å². The molecule has 3 aliphatic heterocycles. The van der Waals surface area contributed by atoms with Crippen molar-refractivity contribution in [3.05, 3.63) is 23.5 Å². The molecule has 5 atom stereocenters. The minimum absolute atomic E-state index is 0.461. The van der Waals surface area contributed by atoms with Crippen LogP contribution in [0, 0.1) is 23.2 Å². The van der Waals surface area contributed by atoms with Crippen LogP contribution in [0.25, 0.3) is 0 Å². The second kappa shape index (κ2) is 5.14. The molecule has 3 fully saturated rings. The summed E-state index contributed by atoms with van der Waals surface area (Å²) in [5.41, 5.74) is -6.61. The smallest absolute Gasteiger partial charge is 0.356 e. The summed E-state index contributed by atoms with van der Waals surface area (Å²) in [4.78, 5) is 41.8. The Morgan fingerprint density at radius 1 is 1.21 bits per heavy atom. The number of ketones is 1. The molecule has 1 aromatic rings. The molecule has 3 saturated heterocycles. The summed E-state index contributed by atoms with van der Waals surface area (Å²) < 4.78 is 59.5.